The zero-order valence-electron chi connectivity index (χ0n) is 14.2. The monoisotopic (exact) mass is 349 g/mol. The quantitative estimate of drug-likeness (QED) is 0.786. The molecule has 2 aromatic heterocycles. The van der Waals surface area contributed by atoms with Crippen LogP contribution in [0, 0.1) is 5.92 Å². The number of benzene rings is 1. The lowest BCUT2D eigenvalue weighted by atomic mass is 9.97. The largest absolute Gasteiger partial charge is 0.478 e. The number of rotatable bonds is 4. The van der Waals surface area contributed by atoms with Crippen molar-refractivity contribution in [2.45, 2.75) is 12.8 Å². The Labute approximate surface area is 150 Å². The van der Waals surface area contributed by atoms with Crippen molar-refractivity contribution in [1.82, 2.24) is 14.5 Å². The summed E-state index contributed by atoms with van der Waals surface area (Å²) in [5, 5.41) is 13.4. The minimum atomic E-state index is -0.914. The van der Waals surface area contributed by atoms with Gasteiger partial charge in [-0.15, -0.1) is 0 Å². The highest BCUT2D eigenvalue weighted by molar-refractivity contribution is 6.00. The lowest BCUT2D eigenvalue weighted by molar-refractivity contribution is 0.0696. The van der Waals surface area contributed by atoms with Crippen molar-refractivity contribution in [3.63, 3.8) is 0 Å². The molecule has 0 radical (unpaired) electrons. The van der Waals surface area contributed by atoms with Crippen LogP contribution in [0.5, 0.6) is 0 Å². The summed E-state index contributed by atoms with van der Waals surface area (Å²) in [5.74, 6) is -0.569. The maximum absolute atomic E-state index is 12.9. The van der Waals surface area contributed by atoms with E-state index in [2.05, 4.69) is 5.10 Å². The summed E-state index contributed by atoms with van der Waals surface area (Å²) >= 11 is 0. The van der Waals surface area contributed by atoms with E-state index in [-0.39, 0.29) is 5.91 Å². The van der Waals surface area contributed by atoms with E-state index >= 15 is 0 Å². The molecule has 1 aromatic carbocycles. The topological polar surface area (TPSA) is 74.9 Å². The van der Waals surface area contributed by atoms with Gasteiger partial charge in [0.05, 0.1) is 22.8 Å². The number of aromatic carboxylic acids is 1. The number of aromatic nitrogens is 2. The van der Waals surface area contributed by atoms with Crippen LogP contribution in [0.4, 0.5) is 0 Å². The van der Waals surface area contributed by atoms with Crippen molar-refractivity contribution in [3.8, 4) is 0 Å². The molecule has 26 heavy (non-hydrogen) atoms. The number of likely N-dealkylation sites (tertiary alicyclic amines) is 1. The number of fused-ring (bicyclic) bond motifs is 1. The number of nitrogens with zero attached hydrogens (tertiary/aromatic N) is 3. The highest BCUT2D eigenvalue weighted by atomic mass is 16.4. The van der Waals surface area contributed by atoms with Crippen LogP contribution in [0.3, 0.4) is 0 Å². The summed E-state index contributed by atoms with van der Waals surface area (Å²) in [5.41, 5.74) is 2.74. The van der Waals surface area contributed by atoms with Crippen LogP contribution in [-0.2, 0) is 6.42 Å². The maximum atomic E-state index is 12.9. The Morgan fingerprint density at radius 3 is 2.92 bits per heavy atom. The molecule has 6 nitrogen and oxygen atoms in total. The molecular weight excluding hydrogens is 330 g/mol. The Morgan fingerprint density at radius 2 is 2.08 bits per heavy atom. The molecule has 0 saturated carbocycles. The van der Waals surface area contributed by atoms with Crippen LogP contribution in [0.15, 0.2) is 54.9 Å². The van der Waals surface area contributed by atoms with Gasteiger partial charge in [0.15, 0.2) is 0 Å². The SMILES string of the molecule is O=C(O)c1cccc(C[C@H]2CCN(C(=O)c3cnn4ccccc34)C2)c1. The molecule has 132 valence electrons. The van der Waals surface area contributed by atoms with E-state index in [4.69, 9.17) is 5.11 Å². The predicted octanol–water partition coefficient (Wildman–Crippen LogP) is 2.74. The molecule has 1 fully saturated rings. The van der Waals surface area contributed by atoms with E-state index in [0.29, 0.717) is 30.1 Å². The minimum Gasteiger partial charge on any atom is -0.478 e. The second-order valence-electron chi connectivity index (χ2n) is 6.70. The van der Waals surface area contributed by atoms with Crippen LogP contribution >= 0.6 is 0 Å². The van der Waals surface area contributed by atoms with Crippen molar-refractivity contribution in [3.05, 3.63) is 71.5 Å². The van der Waals surface area contributed by atoms with E-state index in [0.717, 1.165) is 23.9 Å². The molecule has 6 heteroatoms. The first kappa shape index (κ1) is 16.3. The smallest absolute Gasteiger partial charge is 0.335 e. The lowest BCUT2D eigenvalue weighted by Gasteiger charge is -2.16. The summed E-state index contributed by atoms with van der Waals surface area (Å²) in [7, 11) is 0. The van der Waals surface area contributed by atoms with Gasteiger partial charge in [0, 0.05) is 19.3 Å². The summed E-state index contributed by atoms with van der Waals surface area (Å²) in [6.07, 6.45) is 5.15. The number of carboxylic acid groups (broad SMARTS) is 1. The van der Waals surface area contributed by atoms with Crippen molar-refractivity contribution < 1.29 is 14.7 Å². The fourth-order valence-electron chi connectivity index (χ4n) is 3.62. The van der Waals surface area contributed by atoms with Gasteiger partial charge in [0.1, 0.15) is 0 Å². The Kier molecular flexibility index (Phi) is 4.16. The number of pyridine rings is 1. The van der Waals surface area contributed by atoms with Crippen molar-refractivity contribution >= 4 is 17.4 Å². The molecule has 1 aliphatic heterocycles. The third-order valence-corrected chi connectivity index (χ3v) is 4.93. The third kappa shape index (κ3) is 3.06. The van der Waals surface area contributed by atoms with Gasteiger partial charge >= 0.3 is 5.97 Å². The van der Waals surface area contributed by atoms with Gasteiger partial charge in [0.25, 0.3) is 5.91 Å². The summed E-state index contributed by atoms with van der Waals surface area (Å²) in [4.78, 5) is 25.8. The van der Waals surface area contributed by atoms with Gasteiger partial charge < -0.3 is 10.0 Å². The van der Waals surface area contributed by atoms with E-state index in [9.17, 15) is 9.59 Å². The minimum absolute atomic E-state index is 0.00740. The second kappa shape index (κ2) is 6.63. The Morgan fingerprint density at radius 1 is 1.19 bits per heavy atom. The van der Waals surface area contributed by atoms with Crippen molar-refractivity contribution in [1.29, 1.82) is 0 Å². The number of carbonyl (C=O) groups is 2. The number of carboxylic acids is 1. The third-order valence-electron chi connectivity index (χ3n) is 4.93. The zero-order chi connectivity index (χ0) is 18.1. The van der Waals surface area contributed by atoms with Gasteiger partial charge in [-0.1, -0.05) is 18.2 Å². The number of hydrogen-bond acceptors (Lipinski definition) is 3. The predicted molar refractivity (Wildman–Crippen MR) is 96.3 cm³/mol. The van der Waals surface area contributed by atoms with E-state index in [1.54, 1.807) is 28.9 Å². The van der Waals surface area contributed by atoms with Crippen molar-refractivity contribution in [2.24, 2.45) is 5.92 Å². The van der Waals surface area contributed by atoms with Gasteiger partial charge in [-0.25, -0.2) is 9.31 Å². The first-order chi connectivity index (χ1) is 12.6. The van der Waals surface area contributed by atoms with Gasteiger partial charge in [-0.3, -0.25) is 4.79 Å². The Balaban J connectivity index is 1.46. The highest BCUT2D eigenvalue weighted by Crippen LogP contribution is 2.24. The first-order valence-corrected chi connectivity index (χ1v) is 8.65. The average Bonchev–Trinajstić information content (AvgIpc) is 3.28. The average molecular weight is 349 g/mol. The van der Waals surface area contributed by atoms with E-state index in [1.165, 1.54) is 0 Å². The van der Waals surface area contributed by atoms with Gasteiger partial charge in [-0.2, -0.15) is 5.10 Å². The van der Waals surface area contributed by atoms with Gasteiger partial charge in [0.2, 0.25) is 0 Å². The molecule has 4 rings (SSSR count). The fraction of sp³-hybridized carbons (Fsp3) is 0.250. The molecule has 0 aliphatic carbocycles. The number of amides is 1. The molecule has 0 spiro atoms. The van der Waals surface area contributed by atoms with Crippen molar-refractivity contribution in [2.75, 3.05) is 13.1 Å². The van der Waals surface area contributed by atoms with E-state index in [1.807, 2.05) is 35.4 Å². The zero-order valence-corrected chi connectivity index (χ0v) is 14.2. The van der Waals surface area contributed by atoms with Crippen LogP contribution in [0.1, 0.15) is 32.7 Å². The molecule has 1 amide bonds. The Hall–Kier alpha value is -3.15. The summed E-state index contributed by atoms with van der Waals surface area (Å²) in [6, 6.07) is 12.7. The molecule has 1 N–H and O–H groups in total. The standard InChI is InChI=1S/C20H19N3O3/c24-19(17-12-21-23-8-2-1-6-18(17)23)22-9-7-15(13-22)10-14-4-3-5-16(11-14)20(25)26/h1-6,8,11-12,15H,7,9-10,13H2,(H,25,26)/t15-/m1/s1. The maximum Gasteiger partial charge on any atom is 0.335 e. The van der Waals surface area contributed by atoms with Crippen LogP contribution < -0.4 is 0 Å². The fourth-order valence-corrected chi connectivity index (χ4v) is 3.62. The van der Waals surface area contributed by atoms with Crippen LogP contribution in [0.25, 0.3) is 5.52 Å². The normalized spacial score (nSPS) is 16.9. The van der Waals surface area contributed by atoms with Crippen LogP contribution in [-0.4, -0.2) is 44.6 Å². The molecule has 0 unspecified atom stereocenters. The molecule has 1 atom stereocenters. The number of hydrogen-bond donors (Lipinski definition) is 1. The Bertz CT molecular complexity index is 979. The second-order valence-corrected chi connectivity index (χ2v) is 6.70. The molecule has 0 bridgehead atoms. The summed E-state index contributed by atoms with van der Waals surface area (Å²) < 4.78 is 1.71. The number of carbonyl (C=O) groups excluding carboxylic acids is 1. The first-order valence-electron chi connectivity index (χ1n) is 8.65. The molecule has 3 heterocycles. The van der Waals surface area contributed by atoms with Gasteiger partial charge in [-0.05, 0) is 48.6 Å². The molecule has 3 aromatic rings. The van der Waals surface area contributed by atoms with Crippen LogP contribution in [0.2, 0.25) is 0 Å². The highest BCUT2D eigenvalue weighted by Gasteiger charge is 2.28. The summed E-state index contributed by atoms with van der Waals surface area (Å²) in [6.45, 7) is 1.40. The molecular formula is C20H19N3O3. The van der Waals surface area contributed by atoms with E-state index < -0.39 is 5.97 Å². The lowest BCUT2D eigenvalue weighted by Crippen LogP contribution is -2.28. The molecule has 1 saturated heterocycles. The molecule has 1 aliphatic rings.